The lowest BCUT2D eigenvalue weighted by atomic mass is 9.89. The topological polar surface area (TPSA) is 84.4 Å². The van der Waals surface area contributed by atoms with Gasteiger partial charge in [-0.05, 0) is 30.9 Å². The quantitative estimate of drug-likeness (QED) is 0.895. The molecular formula is C19H19FN4O3. The van der Waals surface area contributed by atoms with Crippen molar-refractivity contribution in [1.29, 1.82) is 0 Å². The highest BCUT2D eigenvalue weighted by Crippen LogP contribution is 2.29. The fourth-order valence-electron chi connectivity index (χ4n) is 3.61. The average Bonchev–Trinajstić information content (AvgIpc) is 3.02. The Balaban J connectivity index is 1.33. The number of amides is 2. The second kappa shape index (κ2) is 7.30. The summed E-state index contributed by atoms with van der Waals surface area (Å²) in [4.78, 5) is 34.0. The van der Waals surface area contributed by atoms with Crippen LogP contribution in [0.3, 0.4) is 0 Å². The molecule has 0 saturated carbocycles. The number of hydrogen-bond acceptors (Lipinski definition) is 5. The van der Waals surface area contributed by atoms with Crippen LogP contribution in [-0.2, 0) is 9.53 Å². The van der Waals surface area contributed by atoms with E-state index >= 15 is 0 Å². The van der Waals surface area contributed by atoms with Crippen molar-refractivity contribution in [2.24, 2.45) is 5.92 Å². The Labute approximate surface area is 155 Å². The number of anilines is 1. The summed E-state index contributed by atoms with van der Waals surface area (Å²) >= 11 is 0. The first-order chi connectivity index (χ1) is 13.1. The summed E-state index contributed by atoms with van der Waals surface area (Å²) in [5, 5.41) is 2.75. The SMILES string of the molecule is O=C(CC1CCN2C(=O)OCC2C1)Nc1cnc(-c2cccc(F)c2)cn1. The van der Waals surface area contributed by atoms with Gasteiger partial charge >= 0.3 is 6.09 Å². The molecule has 0 bridgehead atoms. The predicted octanol–water partition coefficient (Wildman–Crippen LogP) is 2.84. The van der Waals surface area contributed by atoms with Gasteiger partial charge in [0.2, 0.25) is 5.91 Å². The first-order valence-electron chi connectivity index (χ1n) is 8.90. The van der Waals surface area contributed by atoms with Gasteiger partial charge in [0.25, 0.3) is 0 Å². The Kier molecular flexibility index (Phi) is 4.70. The Morgan fingerprint density at radius 2 is 2.22 bits per heavy atom. The summed E-state index contributed by atoms with van der Waals surface area (Å²) < 4.78 is 18.3. The van der Waals surface area contributed by atoms with Crippen molar-refractivity contribution < 1.29 is 18.7 Å². The summed E-state index contributed by atoms with van der Waals surface area (Å²) in [6.45, 7) is 1.04. The third kappa shape index (κ3) is 3.89. The van der Waals surface area contributed by atoms with E-state index in [0.29, 0.717) is 36.6 Å². The molecule has 2 aromatic rings. The zero-order valence-corrected chi connectivity index (χ0v) is 14.6. The lowest BCUT2D eigenvalue weighted by molar-refractivity contribution is -0.117. The average molecular weight is 370 g/mol. The van der Waals surface area contributed by atoms with Crippen LogP contribution in [0.2, 0.25) is 0 Å². The molecule has 0 spiro atoms. The summed E-state index contributed by atoms with van der Waals surface area (Å²) in [7, 11) is 0. The number of nitrogens with zero attached hydrogens (tertiary/aromatic N) is 3. The van der Waals surface area contributed by atoms with E-state index in [0.717, 1.165) is 12.8 Å². The van der Waals surface area contributed by atoms with Gasteiger partial charge in [-0.2, -0.15) is 0 Å². The van der Waals surface area contributed by atoms with Crippen LogP contribution in [-0.4, -0.2) is 46.1 Å². The highest BCUT2D eigenvalue weighted by Gasteiger charge is 2.38. The molecule has 2 atom stereocenters. The van der Waals surface area contributed by atoms with Crippen molar-refractivity contribution in [2.75, 3.05) is 18.5 Å². The monoisotopic (exact) mass is 370 g/mol. The Bertz CT molecular complexity index is 858. The van der Waals surface area contributed by atoms with Crippen LogP contribution in [0, 0.1) is 11.7 Å². The molecule has 2 unspecified atom stereocenters. The maximum absolute atomic E-state index is 13.3. The van der Waals surface area contributed by atoms with Gasteiger partial charge < -0.3 is 15.0 Å². The molecule has 8 heteroatoms. The molecule has 2 aliphatic rings. The minimum Gasteiger partial charge on any atom is -0.447 e. The fraction of sp³-hybridized carbons (Fsp3) is 0.368. The Morgan fingerprint density at radius 3 is 3.00 bits per heavy atom. The number of fused-ring (bicyclic) bond motifs is 1. The van der Waals surface area contributed by atoms with E-state index in [1.54, 1.807) is 17.0 Å². The van der Waals surface area contributed by atoms with E-state index in [9.17, 15) is 14.0 Å². The van der Waals surface area contributed by atoms with Crippen LogP contribution in [0.4, 0.5) is 15.0 Å². The molecule has 140 valence electrons. The molecule has 4 rings (SSSR count). The highest BCUT2D eigenvalue weighted by atomic mass is 19.1. The largest absolute Gasteiger partial charge is 0.447 e. The number of carbonyl (C=O) groups excluding carboxylic acids is 2. The van der Waals surface area contributed by atoms with E-state index in [4.69, 9.17) is 4.74 Å². The predicted molar refractivity (Wildman–Crippen MR) is 95.2 cm³/mol. The molecule has 2 amide bonds. The van der Waals surface area contributed by atoms with Crippen molar-refractivity contribution in [1.82, 2.24) is 14.9 Å². The molecule has 1 aromatic heterocycles. The van der Waals surface area contributed by atoms with Crippen LogP contribution in [0.5, 0.6) is 0 Å². The Morgan fingerprint density at radius 1 is 1.33 bits per heavy atom. The summed E-state index contributed by atoms with van der Waals surface area (Å²) in [5.41, 5.74) is 1.16. The van der Waals surface area contributed by atoms with Crippen molar-refractivity contribution in [3.05, 3.63) is 42.5 Å². The van der Waals surface area contributed by atoms with Gasteiger partial charge in [0.1, 0.15) is 12.4 Å². The molecule has 2 saturated heterocycles. The number of aromatic nitrogens is 2. The van der Waals surface area contributed by atoms with E-state index in [-0.39, 0.29) is 29.8 Å². The van der Waals surface area contributed by atoms with E-state index in [2.05, 4.69) is 15.3 Å². The number of carbonyl (C=O) groups is 2. The van der Waals surface area contributed by atoms with Crippen LogP contribution in [0.25, 0.3) is 11.3 Å². The number of hydrogen-bond donors (Lipinski definition) is 1. The van der Waals surface area contributed by atoms with Gasteiger partial charge in [-0.25, -0.2) is 14.2 Å². The van der Waals surface area contributed by atoms with Crippen LogP contribution in [0.15, 0.2) is 36.7 Å². The van der Waals surface area contributed by atoms with Crippen molar-refractivity contribution >= 4 is 17.8 Å². The molecule has 0 aliphatic carbocycles. The molecule has 3 heterocycles. The van der Waals surface area contributed by atoms with Gasteiger partial charge in [-0.3, -0.25) is 9.78 Å². The molecule has 1 aromatic carbocycles. The maximum Gasteiger partial charge on any atom is 0.410 e. The first-order valence-corrected chi connectivity index (χ1v) is 8.90. The molecule has 2 fully saturated rings. The lowest BCUT2D eigenvalue weighted by Crippen LogP contribution is -2.41. The van der Waals surface area contributed by atoms with Gasteiger partial charge in [-0.15, -0.1) is 0 Å². The van der Waals surface area contributed by atoms with Crippen molar-refractivity contribution in [3.8, 4) is 11.3 Å². The second-order valence-corrected chi connectivity index (χ2v) is 6.86. The highest BCUT2D eigenvalue weighted by molar-refractivity contribution is 5.89. The summed E-state index contributed by atoms with van der Waals surface area (Å²) in [6.07, 6.45) is 4.63. The van der Waals surface area contributed by atoms with E-state index < -0.39 is 0 Å². The van der Waals surface area contributed by atoms with Gasteiger partial charge in [0, 0.05) is 18.5 Å². The van der Waals surface area contributed by atoms with Crippen molar-refractivity contribution in [2.45, 2.75) is 25.3 Å². The zero-order chi connectivity index (χ0) is 18.8. The third-order valence-corrected chi connectivity index (χ3v) is 4.97. The number of rotatable bonds is 4. The number of cyclic esters (lactones) is 1. The summed E-state index contributed by atoms with van der Waals surface area (Å²) in [6, 6.07) is 6.18. The van der Waals surface area contributed by atoms with E-state index in [1.165, 1.54) is 24.5 Å². The molecule has 1 N–H and O–H groups in total. The standard InChI is InChI=1S/C19H19FN4O3/c20-14-3-1-2-13(8-14)16-9-22-17(10-21-16)23-18(25)7-12-4-5-24-15(6-12)11-27-19(24)26/h1-3,8-10,12,15H,4-7,11H2,(H,22,23,25). The minimum absolute atomic E-state index is 0.0781. The number of ether oxygens (including phenoxy) is 1. The van der Waals surface area contributed by atoms with Gasteiger partial charge in [-0.1, -0.05) is 12.1 Å². The second-order valence-electron chi connectivity index (χ2n) is 6.86. The summed E-state index contributed by atoms with van der Waals surface area (Å²) in [5.74, 6) is 0.0934. The minimum atomic E-state index is -0.341. The fourth-order valence-corrected chi connectivity index (χ4v) is 3.61. The molecule has 27 heavy (non-hydrogen) atoms. The number of benzene rings is 1. The number of nitrogens with one attached hydrogen (secondary N) is 1. The first kappa shape index (κ1) is 17.4. The molecular weight excluding hydrogens is 351 g/mol. The van der Waals surface area contributed by atoms with Crippen LogP contribution in [0.1, 0.15) is 19.3 Å². The third-order valence-electron chi connectivity index (χ3n) is 4.97. The van der Waals surface area contributed by atoms with Crippen molar-refractivity contribution in [3.63, 3.8) is 0 Å². The number of halogens is 1. The smallest absolute Gasteiger partial charge is 0.410 e. The molecule has 0 radical (unpaired) electrons. The van der Waals surface area contributed by atoms with Gasteiger partial charge in [0.15, 0.2) is 5.82 Å². The van der Waals surface area contributed by atoms with Crippen LogP contribution >= 0.6 is 0 Å². The number of piperidine rings is 1. The van der Waals surface area contributed by atoms with Crippen LogP contribution < -0.4 is 5.32 Å². The molecule has 7 nitrogen and oxygen atoms in total. The van der Waals surface area contributed by atoms with E-state index in [1.807, 2.05) is 0 Å². The lowest BCUT2D eigenvalue weighted by Gasteiger charge is -2.31. The zero-order valence-electron chi connectivity index (χ0n) is 14.6. The maximum atomic E-state index is 13.3. The van der Waals surface area contributed by atoms with Gasteiger partial charge in [0.05, 0.1) is 24.1 Å². The normalized spacial score (nSPS) is 21.5. The Hall–Kier alpha value is -3.03. The molecule has 2 aliphatic heterocycles.